The molecule has 0 atom stereocenters. The zero-order valence-electron chi connectivity index (χ0n) is 18.0. The van der Waals surface area contributed by atoms with Crippen LogP contribution in [0.15, 0.2) is 54.7 Å². The van der Waals surface area contributed by atoms with Crippen LogP contribution in [0.2, 0.25) is 0 Å². The van der Waals surface area contributed by atoms with Crippen molar-refractivity contribution in [3.05, 3.63) is 66.0 Å². The van der Waals surface area contributed by atoms with Gasteiger partial charge in [0, 0.05) is 38.9 Å². The molecule has 1 amide bonds. The number of rotatable bonds is 6. The summed E-state index contributed by atoms with van der Waals surface area (Å²) < 4.78 is 0. The predicted molar refractivity (Wildman–Crippen MR) is 120 cm³/mol. The van der Waals surface area contributed by atoms with Crippen LogP contribution in [0.3, 0.4) is 0 Å². The van der Waals surface area contributed by atoms with Gasteiger partial charge < -0.3 is 4.90 Å². The molecule has 1 aromatic heterocycles. The highest BCUT2D eigenvalue weighted by Crippen LogP contribution is 2.21. The summed E-state index contributed by atoms with van der Waals surface area (Å²) in [5.41, 5.74) is 2.54. The van der Waals surface area contributed by atoms with Crippen LogP contribution >= 0.6 is 0 Å². The number of benzene rings is 1. The van der Waals surface area contributed by atoms with Crippen molar-refractivity contribution in [2.45, 2.75) is 32.2 Å². The van der Waals surface area contributed by atoms with Gasteiger partial charge in [-0.15, -0.1) is 0 Å². The second-order valence-electron chi connectivity index (χ2n) is 8.74. The molecule has 30 heavy (non-hydrogen) atoms. The molecule has 0 saturated carbocycles. The minimum Gasteiger partial charge on any atom is -0.340 e. The van der Waals surface area contributed by atoms with Gasteiger partial charge in [-0.25, -0.2) is 0 Å². The fourth-order valence-electron chi connectivity index (χ4n) is 4.69. The van der Waals surface area contributed by atoms with Crippen LogP contribution in [-0.4, -0.2) is 71.4 Å². The van der Waals surface area contributed by atoms with Gasteiger partial charge in [0.1, 0.15) is 0 Å². The van der Waals surface area contributed by atoms with E-state index in [0.29, 0.717) is 12.5 Å². The first-order chi connectivity index (χ1) is 14.8. The number of pyridine rings is 1. The normalized spacial score (nSPS) is 19.5. The van der Waals surface area contributed by atoms with Crippen LogP contribution in [-0.2, 0) is 17.8 Å². The molecule has 1 aromatic carbocycles. The number of aromatic nitrogens is 1. The third kappa shape index (κ3) is 6.13. The summed E-state index contributed by atoms with van der Waals surface area (Å²) in [6, 6.07) is 16.9. The van der Waals surface area contributed by atoms with Gasteiger partial charge in [-0.2, -0.15) is 0 Å². The average molecular weight is 407 g/mol. The average Bonchev–Trinajstić information content (AvgIpc) is 3.02. The second kappa shape index (κ2) is 10.7. The first kappa shape index (κ1) is 21.0. The third-order valence-electron chi connectivity index (χ3n) is 6.49. The number of carbonyl (C=O) groups excluding carboxylic acids is 1. The maximum Gasteiger partial charge on any atom is 0.236 e. The van der Waals surface area contributed by atoms with E-state index in [1.807, 2.05) is 18.3 Å². The second-order valence-corrected chi connectivity index (χ2v) is 8.74. The van der Waals surface area contributed by atoms with Crippen LogP contribution in [0, 0.1) is 5.92 Å². The molecule has 0 bridgehead atoms. The summed E-state index contributed by atoms with van der Waals surface area (Å²) in [5.74, 6) is 1.05. The molecule has 5 nitrogen and oxygen atoms in total. The van der Waals surface area contributed by atoms with Crippen molar-refractivity contribution in [2.24, 2.45) is 5.92 Å². The van der Waals surface area contributed by atoms with Gasteiger partial charge in [0.2, 0.25) is 5.91 Å². The SMILES string of the molecule is O=C(CN1CCC(Cc2ccccc2)CC1)N1CCCN(Cc2ccccn2)CC1. The topological polar surface area (TPSA) is 39.7 Å². The molecule has 5 heteroatoms. The lowest BCUT2D eigenvalue weighted by atomic mass is 9.90. The number of hydrogen-bond acceptors (Lipinski definition) is 4. The van der Waals surface area contributed by atoms with E-state index in [9.17, 15) is 4.79 Å². The minimum absolute atomic E-state index is 0.302. The van der Waals surface area contributed by atoms with Gasteiger partial charge in [-0.1, -0.05) is 36.4 Å². The van der Waals surface area contributed by atoms with E-state index < -0.39 is 0 Å². The van der Waals surface area contributed by atoms with Gasteiger partial charge in [-0.3, -0.25) is 19.6 Å². The molecule has 2 fully saturated rings. The molecule has 2 aliphatic heterocycles. The van der Waals surface area contributed by atoms with Gasteiger partial charge in [0.25, 0.3) is 0 Å². The Bertz CT molecular complexity index is 774. The van der Waals surface area contributed by atoms with Gasteiger partial charge in [0.15, 0.2) is 0 Å². The van der Waals surface area contributed by atoms with Crippen LogP contribution in [0.5, 0.6) is 0 Å². The first-order valence-corrected chi connectivity index (χ1v) is 11.4. The van der Waals surface area contributed by atoms with E-state index in [4.69, 9.17) is 0 Å². The molecule has 160 valence electrons. The van der Waals surface area contributed by atoms with E-state index in [1.54, 1.807) is 0 Å². The quantitative estimate of drug-likeness (QED) is 0.739. The summed E-state index contributed by atoms with van der Waals surface area (Å²) >= 11 is 0. The number of amides is 1. The van der Waals surface area contributed by atoms with E-state index in [-0.39, 0.29) is 0 Å². The molecular formula is C25H34N4O. The summed E-state index contributed by atoms with van der Waals surface area (Å²) in [5, 5.41) is 0. The van der Waals surface area contributed by atoms with Crippen molar-refractivity contribution < 1.29 is 4.79 Å². The summed E-state index contributed by atoms with van der Waals surface area (Å²) in [4.78, 5) is 24.2. The maximum absolute atomic E-state index is 12.9. The molecular weight excluding hydrogens is 372 g/mol. The fraction of sp³-hybridized carbons (Fsp3) is 0.520. The summed E-state index contributed by atoms with van der Waals surface area (Å²) in [7, 11) is 0. The lowest BCUT2D eigenvalue weighted by Gasteiger charge is -2.33. The van der Waals surface area contributed by atoms with Crippen LogP contribution in [0.4, 0.5) is 0 Å². The van der Waals surface area contributed by atoms with Gasteiger partial charge in [0.05, 0.1) is 12.2 Å². The Morgan fingerprint density at radius 3 is 2.43 bits per heavy atom. The molecule has 2 saturated heterocycles. The Kier molecular flexibility index (Phi) is 7.49. The molecule has 2 aromatic rings. The monoisotopic (exact) mass is 406 g/mol. The van der Waals surface area contributed by atoms with E-state index in [0.717, 1.165) is 63.8 Å². The van der Waals surface area contributed by atoms with Crippen molar-refractivity contribution in [3.63, 3.8) is 0 Å². The zero-order chi connectivity index (χ0) is 20.6. The number of piperidine rings is 1. The molecule has 0 aliphatic carbocycles. The van der Waals surface area contributed by atoms with Crippen molar-refractivity contribution in [1.29, 1.82) is 0 Å². The smallest absolute Gasteiger partial charge is 0.236 e. The Balaban J connectivity index is 1.19. The van der Waals surface area contributed by atoms with E-state index in [2.05, 4.69) is 56.1 Å². The van der Waals surface area contributed by atoms with E-state index in [1.165, 1.54) is 24.8 Å². The van der Waals surface area contributed by atoms with Crippen molar-refractivity contribution in [3.8, 4) is 0 Å². The van der Waals surface area contributed by atoms with Crippen LogP contribution in [0.25, 0.3) is 0 Å². The maximum atomic E-state index is 12.9. The highest BCUT2D eigenvalue weighted by Gasteiger charge is 2.24. The number of nitrogens with zero attached hydrogens (tertiary/aromatic N) is 4. The Hall–Kier alpha value is -2.24. The summed E-state index contributed by atoms with van der Waals surface area (Å²) in [6.45, 7) is 7.22. The number of carbonyl (C=O) groups is 1. The number of likely N-dealkylation sites (tertiary alicyclic amines) is 1. The lowest BCUT2D eigenvalue weighted by Crippen LogP contribution is -2.44. The predicted octanol–water partition coefficient (Wildman–Crippen LogP) is 3.07. The first-order valence-electron chi connectivity index (χ1n) is 11.4. The summed E-state index contributed by atoms with van der Waals surface area (Å²) in [6.07, 6.45) is 6.45. The van der Waals surface area contributed by atoms with Gasteiger partial charge in [-0.05, 0) is 62.4 Å². The Morgan fingerprint density at radius 2 is 1.67 bits per heavy atom. The number of hydrogen-bond donors (Lipinski definition) is 0. The molecule has 0 radical (unpaired) electrons. The Morgan fingerprint density at radius 1 is 0.867 bits per heavy atom. The zero-order valence-corrected chi connectivity index (χ0v) is 18.0. The molecule has 0 N–H and O–H groups in total. The standard InChI is InChI=1S/C25H34N4O/c30-25(21-28-15-10-23(11-16-28)19-22-7-2-1-3-8-22)29-14-6-13-27(17-18-29)20-24-9-4-5-12-26-24/h1-5,7-9,12,23H,6,10-11,13-21H2. The lowest BCUT2D eigenvalue weighted by molar-refractivity contribution is -0.132. The minimum atomic E-state index is 0.302. The largest absolute Gasteiger partial charge is 0.340 e. The highest BCUT2D eigenvalue weighted by molar-refractivity contribution is 5.78. The Labute approximate surface area is 180 Å². The highest BCUT2D eigenvalue weighted by atomic mass is 16.2. The molecule has 2 aliphatic rings. The fourth-order valence-corrected chi connectivity index (χ4v) is 4.69. The van der Waals surface area contributed by atoms with Crippen molar-refractivity contribution in [1.82, 2.24) is 19.7 Å². The van der Waals surface area contributed by atoms with Crippen LogP contribution in [0.1, 0.15) is 30.5 Å². The molecule has 3 heterocycles. The van der Waals surface area contributed by atoms with Crippen molar-refractivity contribution >= 4 is 5.91 Å². The van der Waals surface area contributed by atoms with Gasteiger partial charge >= 0.3 is 0 Å². The molecule has 0 unspecified atom stereocenters. The molecule has 0 spiro atoms. The van der Waals surface area contributed by atoms with Crippen LogP contribution < -0.4 is 0 Å². The van der Waals surface area contributed by atoms with Crippen molar-refractivity contribution in [2.75, 3.05) is 45.8 Å². The molecule has 4 rings (SSSR count). The third-order valence-corrected chi connectivity index (χ3v) is 6.49. The van der Waals surface area contributed by atoms with E-state index >= 15 is 0 Å².